The molecule has 1 heterocycles. The predicted molar refractivity (Wildman–Crippen MR) is 159 cm³/mol. The van der Waals surface area contributed by atoms with Crippen LogP contribution >= 0.6 is 0 Å². The number of rotatable bonds is 16. The molecule has 0 aliphatic rings. The number of amides is 2. The van der Waals surface area contributed by atoms with E-state index >= 15 is 0 Å². The molecule has 2 amide bonds. The molecule has 0 bridgehead atoms. The van der Waals surface area contributed by atoms with Gasteiger partial charge in [0.1, 0.15) is 11.8 Å². The zero-order valence-corrected chi connectivity index (χ0v) is 24.3. The van der Waals surface area contributed by atoms with Gasteiger partial charge in [-0.2, -0.15) is 0 Å². The van der Waals surface area contributed by atoms with Crippen molar-refractivity contribution in [3.8, 4) is 5.75 Å². The summed E-state index contributed by atoms with van der Waals surface area (Å²) >= 11 is 0. The molecule has 1 aromatic heterocycles. The van der Waals surface area contributed by atoms with Crippen LogP contribution in [0.4, 0.5) is 5.69 Å². The number of benzene rings is 1. The summed E-state index contributed by atoms with van der Waals surface area (Å²) in [6.45, 7) is 9.95. The average Bonchev–Trinajstić information content (AvgIpc) is 2.90. The molecule has 2 rings (SSSR count). The van der Waals surface area contributed by atoms with Gasteiger partial charge in [0.05, 0.1) is 24.4 Å². The van der Waals surface area contributed by atoms with Crippen LogP contribution in [0.1, 0.15) is 71.9 Å². The number of methoxy groups -OCH3 is 1. The number of anilines is 1. The lowest BCUT2D eigenvalue weighted by Gasteiger charge is -2.22. The van der Waals surface area contributed by atoms with Gasteiger partial charge in [-0.1, -0.05) is 26.8 Å². The Labute approximate surface area is 233 Å². The number of hydrogen-bond acceptors (Lipinski definition) is 8. The first kappa shape index (κ1) is 32.3. The third-order valence-corrected chi connectivity index (χ3v) is 6.67. The molecule has 0 saturated carbocycles. The molecule has 10 heteroatoms. The fraction of sp³-hybridized carbons (Fsp3) is 0.621. The summed E-state index contributed by atoms with van der Waals surface area (Å²) < 4.78 is 5.51. The van der Waals surface area contributed by atoms with Crippen LogP contribution in [0.3, 0.4) is 0 Å². The summed E-state index contributed by atoms with van der Waals surface area (Å²) in [5.74, 6) is 0.205. The van der Waals surface area contributed by atoms with Crippen LogP contribution in [0.25, 0.3) is 10.9 Å². The second-order valence-corrected chi connectivity index (χ2v) is 11.2. The molecule has 39 heavy (non-hydrogen) atoms. The molecule has 0 saturated heterocycles. The molecule has 2 aromatic rings. The largest absolute Gasteiger partial charge is 0.497 e. The summed E-state index contributed by atoms with van der Waals surface area (Å²) in [5.41, 5.74) is 19.9. The maximum Gasteiger partial charge on any atom is 0.242 e. The molecule has 218 valence electrons. The zero-order chi connectivity index (χ0) is 29.0. The first-order valence-corrected chi connectivity index (χ1v) is 14.0. The van der Waals surface area contributed by atoms with Gasteiger partial charge in [-0.05, 0) is 70.7 Å². The summed E-state index contributed by atoms with van der Waals surface area (Å²) in [7, 11) is 1.66. The Balaban J connectivity index is 1.96. The molecule has 1 aromatic carbocycles. The van der Waals surface area contributed by atoms with Crippen LogP contribution < -0.4 is 37.9 Å². The Morgan fingerprint density at radius 2 is 1.69 bits per heavy atom. The molecule has 3 atom stereocenters. The number of nitrogens with two attached hydrogens (primary N) is 3. The molecule has 0 radical (unpaired) electrons. The van der Waals surface area contributed by atoms with Crippen molar-refractivity contribution >= 4 is 28.4 Å². The van der Waals surface area contributed by atoms with Crippen LogP contribution in [0.15, 0.2) is 24.3 Å². The van der Waals surface area contributed by atoms with Gasteiger partial charge in [-0.25, -0.2) is 0 Å². The molecule has 1 unspecified atom stereocenters. The summed E-state index contributed by atoms with van der Waals surface area (Å²) in [4.78, 5) is 30.2. The minimum atomic E-state index is -0.685. The SMILES string of the molecule is COc1cc(NC(C)CCCNC(=O)[C@@H](CCCN)NC(=O)[C@H](N)CCCN)c2nc(C(C)(C)C)ccc2c1. The fourth-order valence-corrected chi connectivity index (χ4v) is 4.27. The highest BCUT2D eigenvalue weighted by Crippen LogP contribution is 2.31. The van der Waals surface area contributed by atoms with Crippen molar-refractivity contribution in [2.75, 3.05) is 32.1 Å². The van der Waals surface area contributed by atoms with Crippen LogP contribution in [-0.2, 0) is 15.0 Å². The van der Waals surface area contributed by atoms with E-state index in [1.165, 1.54) is 0 Å². The summed E-state index contributed by atoms with van der Waals surface area (Å²) in [5, 5.41) is 10.3. The number of fused-ring (bicyclic) bond motifs is 1. The van der Waals surface area contributed by atoms with Crippen molar-refractivity contribution in [2.45, 2.75) is 89.8 Å². The van der Waals surface area contributed by atoms with Crippen LogP contribution in [0.5, 0.6) is 5.75 Å². The normalized spacial score (nSPS) is 13.9. The number of nitrogens with one attached hydrogen (secondary N) is 3. The molecule has 0 fully saturated rings. The number of carbonyl (C=O) groups excluding carboxylic acids is 2. The van der Waals surface area contributed by atoms with E-state index in [1.54, 1.807) is 7.11 Å². The number of ether oxygens (including phenoxy) is 1. The fourth-order valence-electron chi connectivity index (χ4n) is 4.27. The number of hydrogen-bond donors (Lipinski definition) is 6. The monoisotopic (exact) mass is 543 g/mol. The van der Waals surface area contributed by atoms with Crippen LogP contribution in [0.2, 0.25) is 0 Å². The minimum absolute atomic E-state index is 0.0633. The van der Waals surface area contributed by atoms with Gasteiger partial charge in [0, 0.05) is 35.1 Å². The van der Waals surface area contributed by atoms with E-state index in [9.17, 15) is 9.59 Å². The van der Waals surface area contributed by atoms with Crippen molar-refractivity contribution in [3.05, 3.63) is 30.0 Å². The quantitative estimate of drug-likeness (QED) is 0.175. The van der Waals surface area contributed by atoms with E-state index in [2.05, 4.69) is 55.8 Å². The van der Waals surface area contributed by atoms with Crippen molar-refractivity contribution in [1.29, 1.82) is 0 Å². The third-order valence-electron chi connectivity index (χ3n) is 6.67. The second kappa shape index (κ2) is 15.6. The molecule has 0 aliphatic heterocycles. The maximum atomic E-state index is 12.8. The van der Waals surface area contributed by atoms with Crippen molar-refractivity contribution < 1.29 is 14.3 Å². The van der Waals surface area contributed by atoms with E-state index in [-0.39, 0.29) is 23.3 Å². The van der Waals surface area contributed by atoms with Gasteiger partial charge in [-0.3, -0.25) is 14.6 Å². The lowest BCUT2D eigenvalue weighted by atomic mass is 9.91. The van der Waals surface area contributed by atoms with Gasteiger partial charge in [0.15, 0.2) is 0 Å². The summed E-state index contributed by atoms with van der Waals surface area (Å²) in [6.07, 6.45) is 3.80. The Morgan fingerprint density at radius 3 is 2.33 bits per heavy atom. The van der Waals surface area contributed by atoms with Crippen molar-refractivity contribution in [3.63, 3.8) is 0 Å². The number of pyridine rings is 1. The number of aromatic nitrogens is 1. The Hall–Kier alpha value is -2.95. The first-order chi connectivity index (χ1) is 18.5. The van der Waals surface area contributed by atoms with Gasteiger partial charge in [0.2, 0.25) is 11.8 Å². The highest BCUT2D eigenvalue weighted by molar-refractivity contribution is 5.92. The van der Waals surface area contributed by atoms with E-state index in [0.717, 1.165) is 40.9 Å². The second-order valence-electron chi connectivity index (χ2n) is 11.2. The van der Waals surface area contributed by atoms with E-state index in [1.807, 2.05) is 12.1 Å². The summed E-state index contributed by atoms with van der Waals surface area (Å²) in [6, 6.07) is 6.90. The number of carbonyl (C=O) groups is 2. The Morgan fingerprint density at radius 1 is 1.00 bits per heavy atom. The predicted octanol–water partition coefficient (Wildman–Crippen LogP) is 2.53. The Kier molecular flexibility index (Phi) is 12.9. The van der Waals surface area contributed by atoms with Gasteiger partial charge in [0.25, 0.3) is 0 Å². The highest BCUT2D eigenvalue weighted by atomic mass is 16.5. The molecule has 0 aliphatic carbocycles. The van der Waals surface area contributed by atoms with Crippen LogP contribution in [-0.4, -0.2) is 61.7 Å². The molecular formula is C29H49N7O3. The first-order valence-electron chi connectivity index (χ1n) is 14.0. The van der Waals surface area contributed by atoms with E-state index in [0.29, 0.717) is 45.3 Å². The van der Waals surface area contributed by atoms with Crippen molar-refractivity contribution in [1.82, 2.24) is 15.6 Å². The smallest absolute Gasteiger partial charge is 0.242 e. The molecule has 0 spiro atoms. The third kappa shape index (κ3) is 10.3. The van der Waals surface area contributed by atoms with E-state index in [4.69, 9.17) is 26.9 Å². The minimum Gasteiger partial charge on any atom is -0.497 e. The van der Waals surface area contributed by atoms with E-state index < -0.39 is 12.1 Å². The molecule has 9 N–H and O–H groups in total. The molecular weight excluding hydrogens is 494 g/mol. The molecule has 10 nitrogen and oxygen atoms in total. The number of nitrogens with zero attached hydrogens (tertiary/aromatic N) is 1. The topological polar surface area (TPSA) is 170 Å². The van der Waals surface area contributed by atoms with Crippen LogP contribution in [0, 0.1) is 0 Å². The van der Waals surface area contributed by atoms with Gasteiger partial charge >= 0.3 is 0 Å². The average molecular weight is 544 g/mol. The standard InChI is InChI=1S/C29H49N7O3/c1-19(34-24-18-21(39-5)17-20-12-13-25(29(2,3)4)36-26(20)24)9-8-16-33-28(38)23(11-7-15-31)35-27(37)22(32)10-6-14-30/h12-13,17-19,22-23,34H,6-11,14-16,30-32H2,1-5H3,(H,33,38)(H,35,37)/t19?,22-,23-/m1/s1. The van der Waals surface area contributed by atoms with Gasteiger partial charge in [-0.15, -0.1) is 0 Å². The Bertz CT molecular complexity index is 1070. The zero-order valence-electron chi connectivity index (χ0n) is 24.3. The van der Waals surface area contributed by atoms with Crippen molar-refractivity contribution in [2.24, 2.45) is 17.2 Å². The maximum absolute atomic E-state index is 12.8. The highest BCUT2D eigenvalue weighted by Gasteiger charge is 2.23. The lowest BCUT2D eigenvalue weighted by molar-refractivity contribution is -0.129. The van der Waals surface area contributed by atoms with Gasteiger partial charge < -0.3 is 37.9 Å². The lowest BCUT2D eigenvalue weighted by Crippen LogP contribution is -2.52.